The van der Waals surface area contributed by atoms with Gasteiger partial charge in [0.2, 0.25) is 10.0 Å². The molecule has 156 valence electrons. The molecule has 1 amide bonds. The van der Waals surface area contributed by atoms with Gasteiger partial charge in [-0.1, -0.05) is 32.0 Å². The molecule has 0 spiro atoms. The summed E-state index contributed by atoms with van der Waals surface area (Å²) in [6.07, 6.45) is 1.83. The van der Waals surface area contributed by atoms with Crippen molar-refractivity contribution in [2.75, 3.05) is 18.4 Å². The Bertz CT molecular complexity index is 1040. The molecular formula is C20H25N3O3S3. The number of nitrogens with zero attached hydrogens (tertiary/aromatic N) is 2. The summed E-state index contributed by atoms with van der Waals surface area (Å²) in [5.74, 6) is -0.182. The minimum absolute atomic E-state index is 0. The second-order valence-corrected chi connectivity index (χ2v) is 9.85. The van der Waals surface area contributed by atoms with Crippen molar-refractivity contribution in [1.82, 2.24) is 9.29 Å². The van der Waals surface area contributed by atoms with Crippen LogP contribution in [0.5, 0.6) is 0 Å². The van der Waals surface area contributed by atoms with Crippen molar-refractivity contribution < 1.29 is 14.6 Å². The molecule has 6 nitrogen and oxygen atoms in total. The highest BCUT2D eigenvalue weighted by atomic mass is 32.2. The molecule has 1 aliphatic heterocycles. The smallest absolute Gasteiger partial charge is 0.267 e. The number of carbonyl (C=O) groups is 1. The summed E-state index contributed by atoms with van der Waals surface area (Å²) >= 11 is 2.71. The summed E-state index contributed by atoms with van der Waals surface area (Å²) < 4.78 is 26.7. The Morgan fingerprint density at radius 3 is 2.41 bits per heavy atom. The number of carbonyl (C=O) groups excluding carboxylic acids is 1. The van der Waals surface area contributed by atoms with Crippen molar-refractivity contribution in [3.05, 3.63) is 52.0 Å². The van der Waals surface area contributed by atoms with Crippen LogP contribution in [-0.4, -0.2) is 36.7 Å². The average molecular weight is 452 g/mol. The molecule has 3 heterocycles. The summed E-state index contributed by atoms with van der Waals surface area (Å²) in [6.45, 7) is 5.17. The Labute approximate surface area is 180 Å². The zero-order valence-corrected chi connectivity index (χ0v) is 18.7. The minimum Gasteiger partial charge on any atom is -0.297 e. The first-order chi connectivity index (χ1) is 14.0. The van der Waals surface area contributed by atoms with Gasteiger partial charge in [0, 0.05) is 25.5 Å². The van der Waals surface area contributed by atoms with E-state index >= 15 is 0 Å². The lowest BCUT2D eigenvalue weighted by atomic mass is 10.2. The first-order valence-corrected chi connectivity index (χ1v) is 12.6. The van der Waals surface area contributed by atoms with Gasteiger partial charge < -0.3 is 0 Å². The van der Waals surface area contributed by atoms with Crippen molar-refractivity contribution in [1.29, 1.82) is 0 Å². The van der Waals surface area contributed by atoms with Crippen LogP contribution in [0.1, 0.15) is 37.8 Å². The first-order valence-electron chi connectivity index (χ1n) is 9.45. The van der Waals surface area contributed by atoms with Crippen LogP contribution >= 0.6 is 22.7 Å². The number of sulfonamides is 1. The molecule has 1 aromatic carbocycles. The summed E-state index contributed by atoms with van der Waals surface area (Å²) in [7, 11) is -3.41. The van der Waals surface area contributed by atoms with Crippen molar-refractivity contribution >= 4 is 43.7 Å². The van der Waals surface area contributed by atoms with E-state index in [2.05, 4.69) is 10.3 Å². The number of hydrogen-bond acceptors (Lipinski definition) is 6. The number of rotatable bonds is 5. The number of anilines is 1. The molecule has 0 atom stereocenters. The highest BCUT2D eigenvalue weighted by molar-refractivity contribution is 7.89. The third-order valence-electron chi connectivity index (χ3n) is 4.32. The van der Waals surface area contributed by atoms with Gasteiger partial charge in [-0.3, -0.25) is 10.1 Å². The summed E-state index contributed by atoms with van der Waals surface area (Å²) in [4.78, 5) is 17.5. The molecule has 3 aromatic rings. The molecule has 4 rings (SSSR count). The zero-order chi connectivity index (χ0) is 20.9. The van der Waals surface area contributed by atoms with E-state index in [1.54, 1.807) is 30.3 Å². The van der Waals surface area contributed by atoms with Crippen LogP contribution in [0.3, 0.4) is 0 Å². The third kappa shape index (κ3) is 4.92. The van der Waals surface area contributed by atoms with E-state index in [0.717, 1.165) is 18.4 Å². The Morgan fingerprint density at radius 1 is 1.10 bits per heavy atom. The van der Waals surface area contributed by atoms with Crippen molar-refractivity contribution in [3.63, 3.8) is 0 Å². The Balaban J connectivity index is 0.00000104. The van der Waals surface area contributed by atoms with Crippen LogP contribution in [-0.2, 0) is 10.0 Å². The lowest BCUT2D eigenvalue weighted by Crippen LogP contribution is -2.27. The fourth-order valence-electron chi connectivity index (χ4n) is 2.91. The quantitative estimate of drug-likeness (QED) is 0.580. The molecule has 0 bridgehead atoms. The Morgan fingerprint density at radius 2 is 1.79 bits per heavy atom. The summed E-state index contributed by atoms with van der Waals surface area (Å²) in [5.41, 5.74) is 1.51. The zero-order valence-electron chi connectivity index (χ0n) is 16.3. The Kier molecular flexibility index (Phi) is 7.18. The SMILES string of the molecule is CC.O=C(Nc1nc(-c2ccc(S(=O)(=O)N3CCCC3)cc2)cs1)c1cccs1.[HH]. The number of thiophene rings is 1. The lowest BCUT2D eigenvalue weighted by Gasteiger charge is -2.15. The molecule has 0 unspecified atom stereocenters. The van der Waals surface area contributed by atoms with Gasteiger partial charge in [-0.2, -0.15) is 4.31 Å². The van der Waals surface area contributed by atoms with Gasteiger partial charge in [0.05, 0.1) is 15.5 Å². The molecule has 29 heavy (non-hydrogen) atoms. The molecular weight excluding hydrogens is 426 g/mol. The topological polar surface area (TPSA) is 79.4 Å². The number of aromatic nitrogens is 1. The number of amides is 1. The van der Waals surface area contributed by atoms with Crippen LogP contribution in [0.15, 0.2) is 52.1 Å². The van der Waals surface area contributed by atoms with E-state index in [1.807, 2.05) is 30.7 Å². The van der Waals surface area contributed by atoms with Gasteiger partial charge in [-0.15, -0.1) is 22.7 Å². The molecule has 1 aliphatic rings. The maximum Gasteiger partial charge on any atom is 0.267 e. The highest BCUT2D eigenvalue weighted by Crippen LogP contribution is 2.28. The van der Waals surface area contributed by atoms with Gasteiger partial charge in [-0.05, 0) is 36.4 Å². The van der Waals surface area contributed by atoms with Gasteiger partial charge in [0.15, 0.2) is 5.13 Å². The minimum atomic E-state index is -3.41. The van der Waals surface area contributed by atoms with Gasteiger partial charge in [0.25, 0.3) is 5.91 Å². The molecule has 1 N–H and O–H groups in total. The van der Waals surface area contributed by atoms with Crippen molar-refractivity contribution in [2.24, 2.45) is 0 Å². The lowest BCUT2D eigenvalue weighted by molar-refractivity contribution is 0.103. The van der Waals surface area contributed by atoms with Crippen LogP contribution in [0.25, 0.3) is 11.3 Å². The van der Waals surface area contributed by atoms with E-state index in [-0.39, 0.29) is 7.33 Å². The summed E-state index contributed by atoms with van der Waals surface area (Å²) in [5, 5.41) is 6.98. The number of hydrogen-bond donors (Lipinski definition) is 1. The monoisotopic (exact) mass is 451 g/mol. The number of thiazole rings is 1. The van der Waals surface area contributed by atoms with Crippen LogP contribution in [0.2, 0.25) is 0 Å². The van der Waals surface area contributed by atoms with Crippen LogP contribution in [0.4, 0.5) is 5.13 Å². The van der Waals surface area contributed by atoms with Crippen LogP contribution < -0.4 is 5.32 Å². The Hall–Kier alpha value is -2.07. The van der Waals surface area contributed by atoms with Crippen molar-refractivity contribution in [3.8, 4) is 11.3 Å². The molecule has 1 saturated heterocycles. The maximum absolute atomic E-state index is 12.6. The second-order valence-electron chi connectivity index (χ2n) is 6.10. The largest absolute Gasteiger partial charge is 0.297 e. The van der Waals surface area contributed by atoms with E-state index in [4.69, 9.17) is 0 Å². The van der Waals surface area contributed by atoms with Crippen LogP contribution in [0, 0.1) is 0 Å². The fourth-order valence-corrected chi connectivity index (χ4v) is 5.76. The van der Waals surface area contributed by atoms with Gasteiger partial charge in [-0.25, -0.2) is 13.4 Å². The normalized spacial score (nSPS) is 14.3. The maximum atomic E-state index is 12.6. The van der Waals surface area contributed by atoms with Crippen molar-refractivity contribution in [2.45, 2.75) is 31.6 Å². The second kappa shape index (κ2) is 9.62. The number of benzene rings is 1. The highest BCUT2D eigenvalue weighted by Gasteiger charge is 2.27. The van der Waals surface area contributed by atoms with E-state index in [1.165, 1.54) is 27.0 Å². The van der Waals surface area contributed by atoms with E-state index < -0.39 is 10.0 Å². The predicted molar refractivity (Wildman–Crippen MR) is 121 cm³/mol. The number of nitrogens with one attached hydrogen (secondary N) is 1. The van der Waals surface area contributed by atoms with Gasteiger partial charge >= 0.3 is 0 Å². The summed E-state index contributed by atoms with van der Waals surface area (Å²) in [6, 6.07) is 10.3. The standard InChI is InChI=1S/C18H17N3O3S3.C2H6.H2/c22-17(16-4-3-11-25-16)20-18-19-15(12-26-18)13-5-7-14(8-6-13)27(23,24)21-9-1-2-10-21;1-2;/h3-8,11-12H,1-2,9-10H2,(H,19,20,22);1-2H3;1H. The molecule has 1 fully saturated rings. The molecule has 0 aliphatic carbocycles. The molecule has 2 aromatic heterocycles. The predicted octanol–water partition coefficient (Wildman–Crippen LogP) is 5.18. The first kappa shape index (κ1) is 21.6. The van der Waals surface area contributed by atoms with Gasteiger partial charge in [0.1, 0.15) is 0 Å². The van der Waals surface area contributed by atoms with E-state index in [0.29, 0.717) is 33.7 Å². The molecule has 0 radical (unpaired) electrons. The van der Waals surface area contributed by atoms with E-state index in [9.17, 15) is 13.2 Å². The average Bonchev–Trinajstić information content (AvgIpc) is 3.52. The fraction of sp³-hybridized carbons (Fsp3) is 0.300. The molecule has 0 saturated carbocycles. The molecule has 9 heteroatoms. The third-order valence-corrected chi connectivity index (χ3v) is 7.86.